The van der Waals surface area contributed by atoms with Crippen LogP contribution in [0, 0.1) is 0 Å². The first kappa shape index (κ1) is 11.9. The van der Waals surface area contributed by atoms with Crippen molar-refractivity contribution in [2.75, 3.05) is 0 Å². The molecule has 0 bridgehead atoms. The van der Waals surface area contributed by atoms with Crippen LogP contribution < -0.4 is 4.74 Å². The summed E-state index contributed by atoms with van der Waals surface area (Å²) in [6.07, 6.45) is 2.82. The van der Waals surface area contributed by atoms with Crippen molar-refractivity contribution in [1.82, 2.24) is 9.55 Å². The van der Waals surface area contributed by atoms with E-state index in [-0.39, 0.29) is 0 Å². The van der Waals surface area contributed by atoms with Gasteiger partial charge in [0.2, 0.25) is 0 Å². The molecule has 2 heterocycles. The topological polar surface area (TPSA) is 44.1 Å². The summed E-state index contributed by atoms with van der Waals surface area (Å²) in [6, 6.07) is 12.7. The summed E-state index contributed by atoms with van der Waals surface area (Å²) in [5.41, 5.74) is 0.573. The van der Waals surface area contributed by atoms with Gasteiger partial charge in [0, 0.05) is 22.3 Å². The van der Waals surface area contributed by atoms with Gasteiger partial charge in [0.25, 0.3) is 0 Å². The van der Waals surface area contributed by atoms with E-state index in [1.165, 1.54) is 4.57 Å². The lowest BCUT2D eigenvalue weighted by Crippen LogP contribution is -2.16. The Bertz CT molecular complexity index is 738. The first-order valence-corrected chi connectivity index (χ1v) is 6.43. The summed E-state index contributed by atoms with van der Waals surface area (Å²) >= 11 is 3.34. The quantitative estimate of drug-likeness (QED) is 0.685. The highest BCUT2D eigenvalue weighted by atomic mass is 79.9. The summed E-state index contributed by atoms with van der Waals surface area (Å²) in [6.45, 7) is 0. The van der Waals surface area contributed by atoms with Gasteiger partial charge in [-0.1, -0.05) is 18.2 Å². The minimum Gasteiger partial charge on any atom is -0.410 e. The highest BCUT2D eigenvalue weighted by molar-refractivity contribution is 9.10. The molecule has 0 radical (unpaired) electrons. The first-order valence-electron chi connectivity index (χ1n) is 5.64. The van der Waals surface area contributed by atoms with E-state index >= 15 is 0 Å². The fraction of sp³-hybridized carbons (Fsp3) is 0. The molecular weight excluding hydrogens is 308 g/mol. The van der Waals surface area contributed by atoms with Crippen molar-refractivity contribution < 1.29 is 9.53 Å². The van der Waals surface area contributed by atoms with Crippen molar-refractivity contribution in [3.63, 3.8) is 0 Å². The molecule has 0 N–H and O–H groups in total. The summed E-state index contributed by atoms with van der Waals surface area (Å²) < 4.78 is 7.52. The summed E-state index contributed by atoms with van der Waals surface area (Å²) in [5, 5.41) is 0.874. The van der Waals surface area contributed by atoms with Gasteiger partial charge in [-0.25, -0.2) is 14.3 Å². The maximum atomic E-state index is 12.1. The number of halogens is 1. The van der Waals surface area contributed by atoms with E-state index in [4.69, 9.17) is 4.74 Å². The van der Waals surface area contributed by atoms with E-state index < -0.39 is 6.09 Å². The molecular formula is C14H9BrN2O2. The Morgan fingerprint density at radius 3 is 2.79 bits per heavy atom. The molecule has 1 aromatic carbocycles. The van der Waals surface area contributed by atoms with Gasteiger partial charge in [-0.3, -0.25) is 0 Å². The van der Waals surface area contributed by atoms with Gasteiger partial charge in [-0.2, -0.15) is 0 Å². The van der Waals surface area contributed by atoms with E-state index in [9.17, 15) is 4.79 Å². The Morgan fingerprint density at radius 2 is 2.00 bits per heavy atom. The minimum atomic E-state index is -0.476. The van der Waals surface area contributed by atoms with Crippen LogP contribution in [-0.4, -0.2) is 15.6 Å². The third-order valence-electron chi connectivity index (χ3n) is 2.64. The number of rotatable bonds is 1. The molecule has 5 heteroatoms. The lowest BCUT2D eigenvalue weighted by atomic mass is 10.3. The zero-order valence-electron chi connectivity index (χ0n) is 9.79. The molecule has 0 amide bonds. The number of nitrogens with zero attached hydrogens (tertiary/aromatic N) is 2. The van der Waals surface area contributed by atoms with Crippen LogP contribution >= 0.6 is 15.9 Å². The average Bonchev–Trinajstić information content (AvgIpc) is 2.82. The summed E-state index contributed by atoms with van der Waals surface area (Å²) in [4.78, 5) is 16.3. The van der Waals surface area contributed by atoms with Crippen molar-refractivity contribution in [2.45, 2.75) is 0 Å². The van der Waals surface area contributed by atoms with E-state index in [2.05, 4.69) is 20.9 Å². The van der Waals surface area contributed by atoms with Crippen LogP contribution in [0.2, 0.25) is 0 Å². The second kappa shape index (κ2) is 4.85. The first-order chi connectivity index (χ1) is 9.24. The predicted octanol–water partition coefficient (Wildman–Crippen LogP) is 3.85. The number of fused-ring (bicyclic) bond motifs is 1. The average molecular weight is 317 g/mol. The predicted molar refractivity (Wildman–Crippen MR) is 75.3 cm³/mol. The zero-order chi connectivity index (χ0) is 13.2. The third-order valence-corrected chi connectivity index (χ3v) is 3.07. The highest BCUT2D eigenvalue weighted by Gasteiger charge is 2.12. The maximum absolute atomic E-state index is 12.1. The number of carbonyl (C=O) groups excluding carboxylic acids is 1. The van der Waals surface area contributed by atoms with Crippen LogP contribution in [0.25, 0.3) is 11.0 Å². The van der Waals surface area contributed by atoms with Gasteiger partial charge in [0.05, 0.1) is 0 Å². The standard InChI is InChI=1S/C14H9BrN2O2/c15-11-8-10-6-7-17(13(10)16-9-11)14(18)19-12-4-2-1-3-5-12/h1-9H. The molecule has 0 aliphatic rings. The van der Waals surface area contributed by atoms with Crippen molar-refractivity contribution in [2.24, 2.45) is 0 Å². The Kier molecular flexibility index (Phi) is 3.05. The monoisotopic (exact) mass is 316 g/mol. The van der Waals surface area contributed by atoms with Crippen LogP contribution in [0.15, 0.2) is 59.3 Å². The number of ether oxygens (including phenoxy) is 1. The Labute approximate surface area is 117 Å². The number of hydrogen-bond donors (Lipinski definition) is 0. The Morgan fingerprint density at radius 1 is 1.21 bits per heavy atom. The normalized spacial score (nSPS) is 10.6. The molecule has 0 atom stereocenters. The van der Waals surface area contributed by atoms with Crippen LogP contribution in [0.3, 0.4) is 0 Å². The summed E-state index contributed by atoms with van der Waals surface area (Å²) in [5.74, 6) is 0.506. The third kappa shape index (κ3) is 2.37. The molecule has 3 rings (SSSR count). The van der Waals surface area contributed by atoms with Gasteiger partial charge in [-0.05, 0) is 40.2 Å². The maximum Gasteiger partial charge on any atom is 0.425 e. The fourth-order valence-electron chi connectivity index (χ4n) is 1.78. The Hall–Kier alpha value is -2.14. The SMILES string of the molecule is O=C(Oc1ccccc1)n1ccc2cc(Br)cnc21. The van der Waals surface area contributed by atoms with Gasteiger partial charge in [-0.15, -0.1) is 0 Å². The molecule has 0 fully saturated rings. The molecule has 2 aromatic heterocycles. The number of pyridine rings is 1. The molecule has 0 saturated heterocycles. The number of hydrogen-bond acceptors (Lipinski definition) is 3. The van der Waals surface area contributed by atoms with Crippen LogP contribution in [0.5, 0.6) is 5.75 Å². The van der Waals surface area contributed by atoms with Crippen molar-refractivity contribution in [1.29, 1.82) is 0 Å². The van der Waals surface area contributed by atoms with Gasteiger partial charge >= 0.3 is 6.09 Å². The molecule has 0 unspecified atom stereocenters. The number of carbonyl (C=O) groups is 1. The highest BCUT2D eigenvalue weighted by Crippen LogP contribution is 2.19. The number of aromatic nitrogens is 2. The van der Waals surface area contributed by atoms with Gasteiger partial charge in [0.15, 0.2) is 0 Å². The van der Waals surface area contributed by atoms with E-state index in [0.29, 0.717) is 11.4 Å². The molecule has 4 nitrogen and oxygen atoms in total. The molecule has 0 aliphatic carbocycles. The second-order valence-electron chi connectivity index (χ2n) is 3.93. The molecule has 19 heavy (non-hydrogen) atoms. The smallest absolute Gasteiger partial charge is 0.410 e. The second-order valence-corrected chi connectivity index (χ2v) is 4.85. The molecule has 3 aromatic rings. The van der Waals surface area contributed by atoms with Crippen LogP contribution in [-0.2, 0) is 0 Å². The number of para-hydroxylation sites is 1. The van der Waals surface area contributed by atoms with Crippen molar-refractivity contribution in [3.8, 4) is 5.75 Å². The molecule has 94 valence electrons. The van der Waals surface area contributed by atoms with Crippen molar-refractivity contribution in [3.05, 3.63) is 59.3 Å². The van der Waals surface area contributed by atoms with Crippen molar-refractivity contribution >= 4 is 33.1 Å². The van der Waals surface area contributed by atoms with Crippen LogP contribution in [0.4, 0.5) is 4.79 Å². The fourth-order valence-corrected chi connectivity index (χ4v) is 2.13. The Balaban J connectivity index is 1.94. The lowest BCUT2D eigenvalue weighted by Gasteiger charge is -2.05. The zero-order valence-corrected chi connectivity index (χ0v) is 11.4. The van der Waals surface area contributed by atoms with E-state index in [1.54, 1.807) is 24.5 Å². The molecule has 0 aliphatic heterocycles. The molecule has 0 spiro atoms. The van der Waals surface area contributed by atoms with Crippen LogP contribution in [0.1, 0.15) is 0 Å². The largest absolute Gasteiger partial charge is 0.425 e. The minimum absolute atomic E-state index is 0.476. The lowest BCUT2D eigenvalue weighted by molar-refractivity contribution is 0.203. The van der Waals surface area contributed by atoms with Gasteiger partial charge in [0.1, 0.15) is 11.4 Å². The molecule has 0 saturated carbocycles. The summed E-state index contributed by atoms with van der Waals surface area (Å²) in [7, 11) is 0. The van der Waals surface area contributed by atoms with Gasteiger partial charge < -0.3 is 4.74 Å². The van der Waals surface area contributed by atoms with E-state index in [1.807, 2.05) is 30.3 Å². The van der Waals surface area contributed by atoms with E-state index in [0.717, 1.165) is 9.86 Å². The number of benzene rings is 1.